The molecule has 2 aromatic carbocycles. The van der Waals surface area contributed by atoms with Gasteiger partial charge in [0.15, 0.2) is 0 Å². The van der Waals surface area contributed by atoms with Crippen molar-refractivity contribution in [2.75, 3.05) is 11.5 Å². The molecule has 12 nitrogen and oxygen atoms in total. The zero-order valence-electron chi connectivity index (χ0n) is 14.9. The zero-order chi connectivity index (χ0) is 22.9. The molecule has 0 atom stereocenters. The molecular weight excluding hydrogens is 452 g/mol. The van der Waals surface area contributed by atoms with Crippen LogP contribution in [0.25, 0.3) is 11.1 Å². The number of anilines is 2. The number of aryl methyl sites for hydroxylation is 2. The van der Waals surface area contributed by atoms with E-state index in [2.05, 4.69) is 0 Å². The average Bonchev–Trinajstić information content (AvgIpc) is 2.48. The molecule has 0 bridgehead atoms. The first kappa shape index (κ1) is 24.8. The molecular formula is C14H18N2O10S3. The van der Waals surface area contributed by atoms with Crippen molar-refractivity contribution in [2.45, 2.75) is 23.6 Å². The highest BCUT2D eigenvalue weighted by Crippen LogP contribution is 2.37. The van der Waals surface area contributed by atoms with Crippen molar-refractivity contribution >= 4 is 42.0 Å². The van der Waals surface area contributed by atoms with E-state index in [9.17, 15) is 25.9 Å². The molecule has 0 aliphatic rings. The summed E-state index contributed by atoms with van der Waals surface area (Å²) in [7, 11) is -14.1. The summed E-state index contributed by atoms with van der Waals surface area (Å²) in [5, 5.41) is 0. The second-order valence-corrected chi connectivity index (χ2v) is 9.48. The van der Waals surface area contributed by atoms with Gasteiger partial charge in [-0.3, -0.25) is 18.2 Å². The molecule has 0 saturated heterocycles. The van der Waals surface area contributed by atoms with Crippen LogP contribution in [0, 0.1) is 13.8 Å². The largest absolute Gasteiger partial charge is 0.398 e. The fourth-order valence-electron chi connectivity index (χ4n) is 2.26. The van der Waals surface area contributed by atoms with E-state index in [1.54, 1.807) is 13.8 Å². The van der Waals surface area contributed by atoms with Gasteiger partial charge in [0.25, 0.3) is 20.2 Å². The molecule has 0 aliphatic carbocycles. The first-order valence-electron chi connectivity index (χ1n) is 7.28. The lowest BCUT2D eigenvalue weighted by Crippen LogP contribution is -2.08. The summed E-state index contributed by atoms with van der Waals surface area (Å²) in [6, 6.07) is 4.69. The third-order valence-corrected chi connectivity index (χ3v) is 5.37. The molecule has 8 N–H and O–H groups in total. The molecule has 0 saturated carbocycles. The van der Waals surface area contributed by atoms with Gasteiger partial charge >= 0.3 is 10.4 Å². The van der Waals surface area contributed by atoms with E-state index in [0.29, 0.717) is 11.1 Å². The van der Waals surface area contributed by atoms with Crippen LogP contribution in [-0.4, -0.2) is 43.5 Å². The van der Waals surface area contributed by atoms with Gasteiger partial charge in [-0.05, 0) is 49.2 Å². The number of benzene rings is 2. The zero-order valence-corrected chi connectivity index (χ0v) is 17.4. The molecule has 162 valence electrons. The number of nitrogens with two attached hydrogens (primary N) is 2. The summed E-state index contributed by atoms with van der Waals surface area (Å²) in [4.78, 5) is -1.14. The number of rotatable bonds is 3. The van der Waals surface area contributed by atoms with Gasteiger partial charge in [-0.1, -0.05) is 0 Å². The maximum atomic E-state index is 11.7. The van der Waals surface area contributed by atoms with Crippen molar-refractivity contribution in [2.24, 2.45) is 0 Å². The maximum Gasteiger partial charge on any atom is 0.394 e. The lowest BCUT2D eigenvalue weighted by molar-refractivity contribution is 0.380. The first-order chi connectivity index (χ1) is 12.8. The van der Waals surface area contributed by atoms with Gasteiger partial charge in [-0.25, -0.2) is 0 Å². The highest BCUT2D eigenvalue weighted by molar-refractivity contribution is 7.86. The topological polar surface area (TPSA) is 235 Å². The summed E-state index contributed by atoms with van der Waals surface area (Å²) >= 11 is 0. The van der Waals surface area contributed by atoms with E-state index in [0.717, 1.165) is 12.1 Å². The van der Waals surface area contributed by atoms with Crippen LogP contribution in [0.1, 0.15) is 11.1 Å². The molecule has 0 spiro atoms. The minimum absolute atomic E-state index is 0.104. The van der Waals surface area contributed by atoms with Crippen molar-refractivity contribution in [3.05, 3.63) is 35.4 Å². The molecule has 29 heavy (non-hydrogen) atoms. The molecule has 0 radical (unpaired) electrons. The van der Waals surface area contributed by atoms with Gasteiger partial charge in [0.2, 0.25) is 0 Å². The second-order valence-electron chi connectivity index (χ2n) is 5.81. The smallest absolute Gasteiger partial charge is 0.394 e. The average molecular weight is 471 g/mol. The number of nitrogen functional groups attached to an aromatic ring is 2. The molecule has 0 aromatic heterocycles. The predicted molar refractivity (Wildman–Crippen MR) is 104 cm³/mol. The lowest BCUT2D eigenvalue weighted by Gasteiger charge is -2.15. The van der Waals surface area contributed by atoms with Gasteiger partial charge < -0.3 is 11.5 Å². The summed E-state index contributed by atoms with van der Waals surface area (Å²) in [5.41, 5.74) is 12.3. The third kappa shape index (κ3) is 6.93. The van der Waals surface area contributed by atoms with E-state index in [1.165, 1.54) is 12.1 Å². The molecule has 0 fully saturated rings. The van der Waals surface area contributed by atoms with E-state index >= 15 is 0 Å². The Morgan fingerprint density at radius 1 is 0.621 bits per heavy atom. The van der Waals surface area contributed by atoms with E-state index in [-0.39, 0.29) is 22.5 Å². The number of hydrogen-bond donors (Lipinski definition) is 6. The van der Waals surface area contributed by atoms with Crippen LogP contribution in [0.15, 0.2) is 34.1 Å². The summed E-state index contributed by atoms with van der Waals surface area (Å²) in [5.74, 6) is 0. The summed E-state index contributed by atoms with van der Waals surface area (Å²) < 4.78 is 97.1. The van der Waals surface area contributed by atoms with Crippen LogP contribution >= 0.6 is 0 Å². The summed E-state index contributed by atoms with van der Waals surface area (Å²) in [6.45, 7) is 3.17. The predicted octanol–water partition coefficient (Wildman–Crippen LogP) is 0.975. The van der Waals surface area contributed by atoms with E-state index < -0.39 is 40.4 Å². The first-order valence-corrected chi connectivity index (χ1v) is 11.6. The van der Waals surface area contributed by atoms with Crippen molar-refractivity contribution in [1.82, 2.24) is 0 Å². The Kier molecular flexibility index (Phi) is 7.03. The summed E-state index contributed by atoms with van der Waals surface area (Å²) in [6.07, 6.45) is 0. The Morgan fingerprint density at radius 3 is 1.07 bits per heavy atom. The van der Waals surface area contributed by atoms with Gasteiger partial charge in [0.1, 0.15) is 9.79 Å². The quantitative estimate of drug-likeness (QED) is 0.272. The Bertz CT molecular complexity index is 1170. The van der Waals surface area contributed by atoms with Gasteiger partial charge in [0, 0.05) is 22.5 Å². The standard InChI is InChI=1S/C14H16N2O6S2.H2O4S/c1-7-3-9(13(5-11(7)15)23(17,18)19)10-4-8(2)12(16)6-14(10)24(20,21)22;1-5(2,3)4/h3-6H,15-16H2,1-2H3,(H,17,18,19)(H,20,21,22);(H2,1,2,3,4). The maximum absolute atomic E-state index is 11.7. The van der Waals surface area contributed by atoms with Crippen molar-refractivity contribution in [3.63, 3.8) is 0 Å². The monoisotopic (exact) mass is 470 g/mol. The highest BCUT2D eigenvalue weighted by Gasteiger charge is 2.25. The second kappa shape index (κ2) is 8.23. The Morgan fingerprint density at radius 2 is 0.862 bits per heavy atom. The van der Waals surface area contributed by atoms with Gasteiger partial charge in [0.05, 0.1) is 0 Å². The SMILES string of the molecule is Cc1cc(-c2cc(C)c(N)cc2S(=O)(=O)O)c(S(=O)(=O)O)cc1N.O=S(=O)(O)O. The highest BCUT2D eigenvalue weighted by atomic mass is 32.3. The van der Waals surface area contributed by atoms with Crippen LogP contribution in [0.2, 0.25) is 0 Å². The Balaban J connectivity index is 0.000000749. The van der Waals surface area contributed by atoms with Crippen LogP contribution in [-0.2, 0) is 30.6 Å². The molecule has 0 heterocycles. The molecule has 2 rings (SSSR count). The molecule has 0 aliphatic heterocycles. The fraction of sp³-hybridized carbons (Fsp3) is 0.143. The van der Waals surface area contributed by atoms with Crippen LogP contribution in [0.3, 0.4) is 0 Å². The Labute approximate surface area is 167 Å². The van der Waals surface area contributed by atoms with Crippen LogP contribution < -0.4 is 11.5 Å². The number of hydrogen-bond acceptors (Lipinski definition) is 8. The third-order valence-electron chi connectivity index (χ3n) is 3.58. The van der Waals surface area contributed by atoms with Gasteiger partial charge in [-0.15, -0.1) is 0 Å². The van der Waals surface area contributed by atoms with Crippen molar-refractivity contribution < 1.29 is 43.5 Å². The van der Waals surface area contributed by atoms with Crippen molar-refractivity contribution in [3.8, 4) is 11.1 Å². The Hall–Kier alpha value is -2.27. The molecule has 0 amide bonds. The van der Waals surface area contributed by atoms with Gasteiger partial charge in [-0.2, -0.15) is 25.3 Å². The van der Waals surface area contributed by atoms with Crippen LogP contribution in [0.4, 0.5) is 11.4 Å². The minimum Gasteiger partial charge on any atom is -0.398 e. The molecule has 15 heteroatoms. The lowest BCUT2D eigenvalue weighted by atomic mass is 10.00. The minimum atomic E-state index is -4.69. The van der Waals surface area contributed by atoms with Crippen LogP contribution in [0.5, 0.6) is 0 Å². The fourth-order valence-corrected chi connectivity index (χ4v) is 3.70. The van der Waals surface area contributed by atoms with E-state index in [4.69, 9.17) is 29.0 Å². The normalized spacial score (nSPS) is 12.2. The molecule has 0 unspecified atom stereocenters. The van der Waals surface area contributed by atoms with Crippen molar-refractivity contribution in [1.29, 1.82) is 0 Å². The molecule has 2 aromatic rings. The van der Waals surface area contributed by atoms with E-state index in [1.807, 2.05) is 0 Å².